The van der Waals surface area contributed by atoms with E-state index in [4.69, 9.17) is 0 Å². The molecule has 172 valence electrons. The quantitative estimate of drug-likeness (QED) is 0.493. The summed E-state index contributed by atoms with van der Waals surface area (Å²) in [4.78, 5) is 12.4. The van der Waals surface area contributed by atoms with E-state index in [-0.39, 0.29) is 10.6 Å². The number of rotatable bonds is 6. The van der Waals surface area contributed by atoms with Crippen LogP contribution >= 0.6 is 0 Å². The largest absolute Gasteiger partial charge is 0.416 e. The van der Waals surface area contributed by atoms with Gasteiger partial charge in [0.15, 0.2) is 0 Å². The van der Waals surface area contributed by atoms with E-state index in [2.05, 4.69) is 10.5 Å². The molecule has 6 nitrogen and oxygen atoms in total. The van der Waals surface area contributed by atoms with Gasteiger partial charge in [-0.05, 0) is 56.0 Å². The summed E-state index contributed by atoms with van der Waals surface area (Å²) in [5.74, 6) is -0.737. The highest BCUT2D eigenvalue weighted by atomic mass is 32.2. The first-order valence-electron chi connectivity index (χ1n) is 10.3. The molecule has 2 aromatic rings. The average Bonchev–Trinajstić information content (AvgIpc) is 3.05. The molecule has 0 bridgehead atoms. The molecule has 0 aromatic heterocycles. The summed E-state index contributed by atoms with van der Waals surface area (Å²) < 4.78 is 66.7. The average molecular weight is 468 g/mol. The first-order valence-corrected chi connectivity index (χ1v) is 11.7. The van der Waals surface area contributed by atoms with Crippen molar-refractivity contribution in [3.8, 4) is 0 Å². The highest BCUT2D eigenvalue weighted by molar-refractivity contribution is 7.92. The van der Waals surface area contributed by atoms with Gasteiger partial charge < -0.3 is 0 Å². The first kappa shape index (κ1) is 23.8. The number of nitrogens with zero attached hydrogens (tertiary/aromatic N) is 2. The third-order valence-electron chi connectivity index (χ3n) is 5.10. The van der Waals surface area contributed by atoms with E-state index in [0.29, 0.717) is 10.4 Å². The van der Waals surface area contributed by atoms with Gasteiger partial charge in [-0.2, -0.15) is 18.3 Å². The van der Waals surface area contributed by atoms with Gasteiger partial charge in [-0.25, -0.2) is 13.8 Å². The fourth-order valence-corrected chi connectivity index (χ4v) is 4.86. The molecule has 0 radical (unpaired) electrons. The standard InChI is InChI=1S/C22H24F3N3O3S/c23-22(24,25)17-9-8-12-19(15-17)28(32(30,31)20-13-6-3-7-14-20)16-21(29)27-26-18-10-4-1-2-5-11-18/h3,6-9,12-15H,1-2,4-5,10-11,16H2,(H,27,29). The van der Waals surface area contributed by atoms with E-state index in [1.54, 1.807) is 6.07 Å². The van der Waals surface area contributed by atoms with E-state index in [9.17, 15) is 26.4 Å². The number of benzene rings is 2. The summed E-state index contributed by atoms with van der Waals surface area (Å²) >= 11 is 0. The Morgan fingerprint density at radius 1 is 0.969 bits per heavy atom. The summed E-state index contributed by atoms with van der Waals surface area (Å²) in [6, 6.07) is 11.1. The predicted octanol–water partition coefficient (Wildman–Crippen LogP) is 4.73. The van der Waals surface area contributed by atoms with Gasteiger partial charge in [-0.15, -0.1) is 0 Å². The zero-order valence-electron chi connectivity index (χ0n) is 17.3. The topological polar surface area (TPSA) is 78.8 Å². The lowest BCUT2D eigenvalue weighted by molar-refractivity contribution is -0.137. The Morgan fingerprint density at radius 3 is 2.25 bits per heavy atom. The summed E-state index contributed by atoms with van der Waals surface area (Å²) in [5, 5.41) is 4.12. The molecule has 0 spiro atoms. The number of carbonyl (C=O) groups is 1. The number of hydrogen-bond acceptors (Lipinski definition) is 4. The van der Waals surface area contributed by atoms with Crippen LogP contribution in [0.1, 0.15) is 44.1 Å². The van der Waals surface area contributed by atoms with Gasteiger partial charge in [-0.1, -0.05) is 37.1 Å². The van der Waals surface area contributed by atoms with Crippen LogP contribution in [0.5, 0.6) is 0 Å². The lowest BCUT2D eigenvalue weighted by Crippen LogP contribution is -2.40. The summed E-state index contributed by atoms with van der Waals surface area (Å²) in [5.41, 5.74) is 1.92. The van der Waals surface area contributed by atoms with Crippen molar-refractivity contribution in [1.29, 1.82) is 0 Å². The van der Waals surface area contributed by atoms with Crippen LogP contribution in [0.3, 0.4) is 0 Å². The second kappa shape index (κ2) is 10.2. The molecule has 1 fully saturated rings. The van der Waals surface area contributed by atoms with E-state index in [1.807, 2.05) is 0 Å². The Balaban J connectivity index is 1.91. The SMILES string of the molecule is O=C(CN(c1cccc(C(F)(F)F)c1)S(=O)(=O)c1ccccc1)NN=C1CCCCCC1. The van der Waals surface area contributed by atoms with Crippen molar-refractivity contribution < 1.29 is 26.4 Å². The van der Waals surface area contributed by atoms with Gasteiger partial charge in [0, 0.05) is 5.71 Å². The molecule has 0 saturated heterocycles. The van der Waals surface area contributed by atoms with Gasteiger partial charge in [0.2, 0.25) is 0 Å². The first-order chi connectivity index (χ1) is 15.2. The molecular formula is C22H24F3N3O3S. The number of halogens is 3. The zero-order valence-corrected chi connectivity index (χ0v) is 18.1. The second-order valence-corrected chi connectivity index (χ2v) is 9.36. The maximum absolute atomic E-state index is 13.2. The molecule has 1 saturated carbocycles. The van der Waals surface area contributed by atoms with Crippen molar-refractivity contribution in [2.45, 2.75) is 49.6 Å². The Labute approximate surface area is 185 Å². The molecular weight excluding hydrogens is 443 g/mol. The molecule has 1 N–H and O–H groups in total. The third-order valence-corrected chi connectivity index (χ3v) is 6.89. The Kier molecular flexibility index (Phi) is 7.55. The Hall–Kier alpha value is -2.88. The van der Waals surface area contributed by atoms with Gasteiger partial charge in [0.05, 0.1) is 16.1 Å². The number of alkyl halides is 3. The number of anilines is 1. The number of sulfonamides is 1. The fourth-order valence-electron chi connectivity index (χ4n) is 3.43. The molecule has 0 unspecified atom stereocenters. The number of amides is 1. The second-order valence-electron chi connectivity index (χ2n) is 7.50. The number of carbonyl (C=O) groups excluding carboxylic acids is 1. The minimum atomic E-state index is -4.66. The van der Waals surface area contributed by atoms with Crippen LogP contribution in [0.25, 0.3) is 0 Å². The van der Waals surface area contributed by atoms with Crippen molar-refractivity contribution >= 4 is 27.3 Å². The number of hydrazone groups is 1. The molecule has 3 rings (SSSR count). The van der Waals surface area contributed by atoms with Crippen molar-refractivity contribution in [3.63, 3.8) is 0 Å². The summed E-state index contributed by atoms with van der Waals surface area (Å²) in [6.07, 6.45) is 0.948. The lowest BCUT2D eigenvalue weighted by atomic mass is 10.2. The van der Waals surface area contributed by atoms with Crippen molar-refractivity contribution in [2.75, 3.05) is 10.8 Å². The predicted molar refractivity (Wildman–Crippen MR) is 116 cm³/mol. The Morgan fingerprint density at radius 2 is 1.62 bits per heavy atom. The summed E-state index contributed by atoms with van der Waals surface area (Å²) in [6.45, 7) is -0.713. The zero-order chi connectivity index (χ0) is 23.2. The smallest absolute Gasteiger partial charge is 0.271 e. The van der Waals surface area contributed by atoms with E-state index in [1.165, 1.54) is 30.3 Å². The maximum atomic E-state index is 13.2. The van der Waals surface area contributed by atoms with Crippen LogP contribution in [0, 0.1) is 0 Å². The van der Waals surface area contributed by atoms with E-state index < -0.39 is 34.2 Å². The molecule has 1 aliphatic carbocycles. The summed E-state index contributed by atoms with van der Waals surface area (Å²) in [7, 11) is -4.30. The highest BCUT2D eigenvalue weighted by Gasteiger charge is 2.33. The molecule has 1 amide bonds. The van der Waals surface area contributed by atoms with Gasteiger partial charge in [0.25, 0.3) is 15.9 Å². The van der Waals surface area contributed by atoms with Crippen LogP contribution in [0.15, 0.2) is 64.6 Å². The molecule has 0 atom stereocenters. The minimum absolute atomic E-state index is 0.139. The third kappa shape index (κ3) is 6.09. The molecule has 10 heteroatoms. The molecule has 1 aliphatic rings. The highest BCUT2D eigenvalue weighted by Crippen LogP contribution is 2.33. The van der Waals surface area contributed by atoms with Crippen LogP contribution in [-0.2, 0) is 21.0 Å². The van der Waals surface area contributed by atoms with E-state index >= 15 is 0 Å². The van der Waals surface area contributed by atoms with Crippen molar-refractivity contribution in [2.24, 2.45) is 5.10 Å². The minimum Gasteiger partial charge on any atom is -0.271 e. The fraction of sp³-hybridized carbons (Fsp3) is 0.364. The normalized spacial score (nSPS) is 15.0. The van der Waals surface area contributed by atoms with E-state index in [0.717, 1.165) is 56.4 Å². The van der Waals surface area contributed by atoms with Crippen LogP contribution in [-0.4, -0.2) is 26.6 Å². The maximum Gasteiger partial charge on any atom is 0.416 e. The van der Waals surface area contributed by atoms with Crippen LogP contribution in [0.4, 0.5) is 18.9 Å². The molecule has 0 aliphatic heterocycles. The van der Waals surface area contributed by atoms with Gasteiger partial charge >= 0.3 is 6.18 Å². The number of nitrogens with one attached hydrogen (secondary N) is 1. The van der Waals surface area contributed by atoms with Crippen LogP contribution < -0.4 is 9.73 Å². The Bertz CT molecular complexity index is 1060. The number of hydrogen-bond donors (Lipinski definition) is 1. The van der Waals surface area contributed by atoms with Crippen LogP contribution in [0.2, 0.25) is 0 Å². The van der Waals surface area contributed by atoms with Gasteiger partial charge in [0.1, 0.15) is 6.54 Å². The van der Waals surface area contributed by atoms with Crippen molar-refractivity contribution in [3.05, 3.63) is 60.2 Å². The molecule has 32 heavy (non-hydrogen) atoms. The molecule has 0 heterocycles. The molecule has 2 aromatic carbocycles. The van der Waals surface area contributed by atoms with Crippen molar-refractivity contribution in [1.82, 2.24) is 5.43 Å². The van der Waals surface area contributed by atoms with Gasteiger partial charge in [-0.3, -0.25) is 9.10 Å². The monoisotopic (exact) mass is 467 g/mol. The lowest BCUT2D eigenvalue weighted by Gasteiger charge is -2.24.